The van der Waals surface area contributed by atoms with E-state index in [-0.39, 0.29) is 23.5 Å². The van der Waals surface area contributed by atoms with Crippen molar-refractivity contribution in [1.29, 1.82) is 0 Å². The zero-order valence-corrected chi connectivity index (χ0v) is 13.4. The predicted molar refractivity (Wildman–Crippen MR) is 78.3 cm³/mol. The maximum atomic E-state index is 12.7. The van der Waals surface area contributed by atoms with Crippen molar-refractivity contribution in [3.63, 3.8) is 0 Å². The highest BCUT2D eigenvalue weighted by molar-refractivity contribution is 7.89. The van der Waals surface area contributed by atoms with Gasteiger partial charge in [0.25, 0.3) is 0 Å². The van der Waals surface area contributed by atoms with Crippen LogP contribution in [-0.4, -0.2) is 37.7 Å². The number of halogens is 3. The Hall–Kier alpha value is -1.32. The van der Waals surface area contributed by atoms with E-state index in [2.05, 4.69) is 4.74 Å². The van der Waals surface area contributed by atoms with Crippen LogP contribution in [0.5, 0.6) is 5.75 Å². The molecule has 1 fully saturated rings. The van der Waals surface area contributed by atoms with E-state index < -0.39 is 22.1 Å². The van der Waals surface area contributed by atoms with Gasteiger partial charge in [-0.2, -0.15) is 4.31 Å². The molecule has 2 unspecified atom stereocenters. The Kier molecular flexibility index (Phi) is 5.22. The smallest absolute Gasteiger partial charge is 0.406 e. The maximum absolute atomic E-state index is 12.7. The van der Waals surface area contributed by atoms with Gasteiger partial charge in [0.2, 0.25) is 10.0 Å². The minimum atomic E-state index is -4.87. The number of sulfonamides is 1. The van der Waals surface area contributed by atoms with E-state index in [1.165, 1.54) is 16.4 Å². The molecule has 0 bridgehead atoms. The molecule has 2 rings (SSSR count). The number of alkyl halides is 3. The van der Waals surface area contributed by atoms with Crippen LogP contribution in [0.3, 0.4) is 0 Å². The standard InChI is InChI=1S/C14H19F3N2O3S/c1-2-11-8-10(18)6-7-19(11)23(20,21)13-5-3-4-12(9-13)22-14(15,16)17/h3-5,9-11H,2,6-8,18H2,1H3. The monoisotopic (exact) mass is 352 g/mol. The van der Waals surface area contributed by atoms with Crippen LogP contribution in [0.2, 0.25) is 0 Å². The van der Waals surface area contributed by atoms with Crippen molar-refractivity contribution in [2.45, 2.75) is 49.5 Å². The number of piperidine rings is 1. The third kappa shape index (κ3) is 4.36. The molecule has 9 heteroatoms. The highest BCUT2D eigenvalue weighted by Gasteiger charge is 2.36. The summed E-state index contributed by atoms with van der Waals surface area (Å²) in [5.74, 6) is -0.555. The van der Waals surface area contributed by atoms with E-state index in [1.54, 1.807) is 0 Å². The molecule has 0 aromatic heterocycles. The van der Waals surface area contributed by atoms with E-state index in [1.807, 2.05) is 6.92 Å². The topological polar surface area (TPSA) is 72.6 Å². The van der Waals surface area contributed by atoms with Crippen molar-refractivity contribution in [3.8, 4) is 5.75 Å². The van der Waals surface area contributed by atoms with Gasteiger partial charge < -0.3 is 10.5 Å². The maximum Gasteiger partial charge on any atom is 0.573 e. The number of rotatable bonds is 4. The van der Waals surface area contributed by atoms with E-state index in [9.17, 15) is 21.6 Å². The van der Waals surface area contributed by atoms with Crippen LogP contribution >= 0.6 is 0 Å². The van der Waals surface area contributed by atoms with E-state index in [0.717, 1.165) is 12.1 Å². The molecule has 5 nitrogen and oxygen atoms in total. The summed E-state index contributed by atoms with van der Waals surface area (Å²) in [4.78, 5) is -0.215. The summed E-state index contributed by atoms with van der Waals surface area (Å²) in [6.07, 6.45) is -3.22. The molecule has 1 aromatic rings. The van der Waals surface area contributed by atoms with E-state index >= 15 is 0 Å². The third-order valence-corrected chi connectivity index (χ3v) is 5.77. The summed E-state index contributed by atoms with van der Waals surface area (Å²) in [6.45, 7) is 2.11. The summed E-state index contributed by atoms with van der Waals surface area (Å²) in [5.41, 5.74) is 5.87. The van der Waals surface area contributed by atoms with Crippen molar-refractivity contribution < 1.29 is 26.3 Å². The van der Waals surface area contributed by atoms with Crippen molar-refractivity contribution >= 4 is 10.0 Å². The summed E-state index contributed by atoms with van der Waals surface area (Å²) < 4.78 is 67.4. The molecule has 1 saturated heterocycles. The summed E-state index contributed by atoms with van der Waals surface area (Å²) in [5, 5.41) is 0. The molecule has 130 valence electrons. The second kappa shape index (κ2) is 6.66. The third-order valence-electron chi connectivity index (χ3n) is 3.82. The summed E-state index contributed by atoms with van der Waals surface area (Å²) >= 11 is 0. The van der Waals surface area contributed by atoms with Crippen LogP contribution in [-0.2, 0) is 10.0 Å². The molecule has 0 amide bonds. The molecule has 23 heavy (non-hydrogen) atoms. The Morgan fingerprint density at radius 2 is 2.09 bits per heavy atom. The molecule has 0 aliphatic carbocycles. The number of hydrogen-bond donors (Lipinski definition) is 1. The van der Waals surface area contributed by atoms with Gasteiger partial charge in [0.1, 0.15) is 5.75 Å². The Labute approximate surface area is 133 Å². The Morgan fingerprint density at radius 1 is 1.39 bits per heavy atom. The average Bonchev–Trinajstić information content (AvgIpc) is 2.45. The number of ether oxygens (including phenoxy) is 1. The van der Waals surface area contributed by atoms with Crippen LogP contribution in [0, 0.1) is 0 Å². The van der Waals surface area contributed by atoms with Gasteiger partial charge in [-0.05, 0) is 31.4 Å². The van der Waals surface area contributed by atoms with E-state index in [0.29, 0.717) is 19.3 Å². The second-order valence-electron chi connectivity index (χ2n) is 5.48. The van der Waals surface area contributed by atoms with Crippen molar-refractivity contribution in [2.24, 2.45) is 5.73 Å². The first-order valence-electron chi connectivity index (χ1n) is 7.26. The SMILES string of the molecule is CCC1CC(N)CCN1S(=O)(=O)c1cccc(OC(F)(F)F)c1. The lowest BCUT2D eigenvalue weighted by atomic mass is 9.99. The van der Waals surface area contributed by atoms with Gasteiger partial charge in [-0.15, -0.1) is 13.2 Å². The molecular weight excluding hydrogens is 333 g/mol. The Balaban J connectivity index is 2.30. The molecule has 1 aliphatic heterocycles. The lowest BCUT2D eigenvalue weighted by Crippen LogP contribution is -2.49. The van der Waals surface area contributed by atoms with Crippen LogP contribution in [0.4, 0.5) is 13.2 Å². The molecule has 0 spiro atoms. The predicted octanol–water partition coefficient (Wildman–Crippen LogP) is 2.48. The molecule has 1 aliphatic rings. The second-order valence-corrected chi connectivity index (χ2v) is 7.38. The lowest BCUT2D eigenvalue weighted by Gasteiger charge is -2.36. The van der Waals surface area contributed by atoms with Gasteiger partial charge in [0.15, 0.2) is 0 Å². The molecular formula is C14H19F3N2O3S. The molecule has 2 N–H and O–H groups in total. The molecule has 2 atom stereocenters. The molecule has 0 radical (unpaired) electrons. The van der Waals surface area contributed by atoms with Crippen LogP contribution in [0.15, 0.2) is 29.2 Å². The van der Waals surface area contributed by atoms with Gasteiger partial charge >= 0.3 is 6.36 Å². The van der Waals surface area contributed by atoms with Gasteiger partial charge in [0, 0.05) is 24.7 Å². The van der Waals surface area contributed by atoms with Gasteiger partial charge in [0.05, 0.1) is 4.90 Å². The fourth-order valence-electron chi connectivity index (χ4n) is 2.71. The summed E-state index contributed by atoms with van der Waals surface area (Å²) in [6, 6.07) is 4.13. The Morgan fingerprint density at radius 3 is 2.70 bits per heavy atom. The minimum Gasteiger partial charge on any atom is -0.406 e. The van der Waals surface area contributed by atoms with Crippen LogP contribution in [0.1, 0.15) is 26.2 Å². The van der Waals surface area contributed by atoms with Crippen LogP contribution < -0.4 is 10.5 Å². The zero-order chi connectivity index (χ0) is 17.3. The molecule has 1 heterocycles. The quantitative estimate of drug-likeness (QED) is 0.904. The van der Waals surface area contributed by atoms with Crippen LogP contribution in [0.25, 0.3) is 0 Å². The molecule has 1 aromatic carbocycles. The van der Waals surface area contributed by atoms with Gasteiger partial charge in [-0.25, -0.2) is 8.42 Å². The van der Waals surface area contributed by atoms with Gasteiger partial charge in [-0.3, -0.25) is 0 Å². The normalized spacial score (nSPS) is 23.7. The number of hydrogen-bond acceptors (Lipinski definition) is 4. The fraction of sp³-hybridized carbons (Fsp3) is 0.571. The van der Waals surface area contributed by atoms with Crippen molar-refractivity contribution in [2.75, 3.05) is 6.54 Å². The number of nitrogens with zero attached hydrogens (tertiary/aromatic N) is 1. The summed E-state index contributed by atoms with van der Waals surface area (Å²) in [7, 11) is -3.89. The Bertz CT molecular complexity index is 649. The van der Waals surface area contributed by atoms with Crippen molar-refractivity contribution in [1.82, 2.24) is 4.31 Å². The minimum absolute atomic E-state index is 0.0636. The number of benzene rings is 1. The molecule has 0 saturated carbocycles. The van der Waals surface area contributed by atoms with Crippen molar-refractivity contribution in [3.05, 3.63) is 24.3 Å². The fourth-order valence-corrected chi connectivity index (χ4v) is 4.47. The first-order chi connectivity index (χ1) is 10.6. The lowest BCUT2D eigenvalue weighted by molar-refractivity contribution is -0.274. The first-order valence-corrected chi connectivity index (χ1v) is 8.70. The highest BCUT2D eigenvalue weighted by Crippen LogP contribution is 2.30. The highest BCUT2D eigenvalue weighted by atomic mass is 32.2. The largest absolute Gasteiger partial charge is 0.573 e. The average molecular weight is 352 g/mol. The first kappa shape index (κ1) is 18.0. The number of nitrogens with two attached hydrogens (primary N) is 1. The zero-order valence-electron chi connectivity index (χ0n) is 12.6. The van der Waals surface area contributed by atoms with Gasteiger partial charge in [-0.1, -0.05) is 13.0 Å². The van der Waals surface area contributed by atoms with E-state index in [4.69, 9.17) is 5.73 Å².